The second-order valence-corrected chi connectivity index (χ2v) is 9.02. The van der Waals surface area contributed by atoms with E-state index >= 15 is 0 Å². The van der Waals surface area contributed by atoms with Crippen LogP contribution in [0.4, 0.5) is 0 Å². The van der Waals surface area contributed by atoms with Gasteiger partial charge in [0.15, 0.2) is 0 Å². The molecule has 0 amide bonds. The van der Waals surface area contributed by atoms with E-state index < -0.39 is 8.24 Å². The van der Waals surface area contributed by atoms with E-state index in [1.807, 2.05) is 0 Å². The van der Waals surface area contributed by atoms with Crippen molar-refractivity contribution in [2.75, 3.05) is 0 Å². The van der Waals surface area contributed by atoms with Gasteiger partial charge < -0.3 is 4.98 Å². The second-order valence-electron chi connectivity index (χ2n) is 4.45. The van der Waals surface area contributed by atoms with Crippen molar-refractivity contribution in [2.24, 2.45) is 0 Å². The third-order valence-electron chi connectivity index (χ3n) is 0.671. The summed E-state index contributed by atoms with van der Waals surface area (Å²) in [7, 11) is -1.17. The Hall–Kier alpha value is 0.177. The molecule has 9 heavy (non-hydrogen) atoms. The van der Waals surface area contributed by atoms with Gasteiger partial charge in [-0.05, 0) is 0 Å². The van der Waals surface area contributed by atoms with E-state index in [1.165, 1.54) is 0 Å². The van der Waals surface area contributed by atoms with Gasteiger partial charge in [-0.3, -0.25) is 0 Å². The highest BCUT2D eigenvalue weighted by Gasteiger charge is 2.05. The molecule has 0 radical (unpaired) electrons. The molecule has 0 aliphatic carbocycles. The number of hydrogen-bond donors (Lipinski definition) is 0. The molecule has 0 aromatic rings. The molecule has 0 rings (SSSR count). The maximum absolute atomic E-state index is 4.68. The van der Waals surface area contributed by atoms with Crippen molar-refractivity contribution in [2.45, 2.75) is 46.0 Å². The Kier molecular flexibility index (Phi) is 2.47. The molecule has 0 unspecified atom stereocenters. The molecule has 56 valence electrons. The lowest BCUT2D eigenvalue weighted by molar-refractivity contribution is 0.676. The first-order chi connectivity index (χ1) is 3.71. The lowest BCUT2D eigenvalue weighted by Gasteiger charge is -2.47. The summed E-state index contributed by atoms with van der Waals surface area (Å²) in [5, 5.41) is 0. The first kappa shape index (κ1) is 9.18. The molecule has 0 bridgehead atoms. The van der Waals surface area contributed by atoms with E-state index in [0.717, 1.165) is 0 Å². The first-order valence-electron chi connectivity index (χ1n) is 3.45. The van der Waals surface area contributed by atoms with Crippen LogP contribution in [0, 0.1) is 0 Å². The Morgan fingerprint density at radius 3 is 1.33 bits per heavy atom. The van der Waals surface area contributed by atoms with Crippen molar-refractivity contribution in [1.82, 2.24) is 0 Å². The van der Waals surface area contributed by atoms with Crippen molar-refractivity contribution in [3.63, 3.8) is 0 Å². The maximum Gasteiger partial charge on any atom is -0.0675 e. The zero-order valence-electron chi connectivity index (χ0n) is 7.45. The van der Waals surface area contributed by atoms with Crippen LogP contribution in [0.25, 0.3) is 4.98 Å². The van der Waals surface area contributed by atoms with Crippen molar-refractivity contribution in [3.05, 3.63) is 4.98 Å². The number of rotatable bonds is 1. The normalized spacial score (nSPS) is 14.0. The number of nitrogens with zero attached hydrogens (tertiary/aromatic N) is 1. The van der Waals surface area contributed by atoms with Crippen molar-refractivity contribution in [1.29, 1.82) is 0 Å². The molecule has 0 spiro atoms. The third kappa shape index (κ3) is 8.18. The van der Waals surface area contributed by atoms with Crippen LogP contribution in [-0.4, -0.2) is 13.8 Å². The average Bonchev–Trinajstić information content (AvgIpc) is 1.14. The molecule has 0 aromatic carbocycles. The van der Waals surface area contributed by atoms with E-state index in [4.69, 9.17) is 0 Å². The van der Waals surface area contributed by atoms with Gasteiger partial charge in [-0.25, -0.2) is 0 Å². The predicted octanol–water partition coefficient (Wildman–Crippen LogP) is 2.99. The highest BCUT2D eigenvalue weighted by atomic mass is 28.3. The van der Waals surface area contributed by atoms with Gasteiger partial charge in [-0.2, -0.15) is 0 Å². The van der Waals surface area contributed by atoms with E-state index in [1.54, 1.807) is 0 Å². The maximum atomic E-state index is 4.68. The van der Waals surface area contributed by atoms with Gasteiger partial charge in [-0.1, -0.05) is 48.6 Å². The lowest BCUT2D eigenvalue weighted by atomic mass is 10.1. The van der Waals surface area contributed by atoms with Gasteiger partial charge in [0.1, 0.15) is 0 Å². The summed E-state index contributed by atoms with van der Waals surface area (Å²) in [6, 6.07) is 0. The molecule has 0 fully saturated rings. The van der Waals surface area contributed by atoms with Crippen molar-refractivity contribution >= 4 is 8.24 Å². The van der Waals surface area contributed by atoms with Gasteiger partial charge in [0.05, 0.1) is 0 Å². The molecule has 0 N–H and O–H groups in total. The summed E-state index contributed by atoms with van der Waals surface area (Å²) in [4.78, 5) is 4.68. The number of hydrogen-bond acceptors (Lipinski definition) is 0. The topological polar surface area (TPSA) is 14.1 Å². The predicted molar refractivity (Wildman–Crippen MR) is 46.5 cm³/mol. The Balaban J connectivity index is 3.75. The molecule has 2 heteroatoms. The minimum Gasteiger partial charge on any atom is -0.660 e. The minimum absolute atomic E-state index is 0.171. The molecular weight excluding hydrogens is 126 g/mol. The quantitative estimate of drug-likeness (QED) is 0.502. The van der Waals surface area contributed by atoms with Crippen LogP contribution in [-0.2, 0) is 0 Å². The molecule has 0 aliphatic rings. The van der Waals surface area contributed by atoms with Crippen LogP contribution in [0.2, 0.25) is 19.6 Å². The molecule has 0 saturated carbocycles. The van der Waals surface area contributed by atoms with E-state index in [2.05, 4.69) is 45.4 Å². The summed E-state index contributed by atoms with van der Waals surface area (Å²) in [5.74, 6) is 0. The fourth-order valence-electron chi connectivity index (χ4n) is 1.01. The highest BCUT2D eigenvalue weighted by Crippen LogP contribution is 2.22. The van der Waals surface area contributed by atoms with Crippen LogP contribution >= 0.6 is 0 Å². The highest BCUT2D eigenvalue weighted by molar-refractivity contribution is 6.80. The molecule has 0 aliphatic heterocycles. The summed E-state index contributed by atoms with van der Waals surface area (Å²) in [6.45, 7) is 13.3. The fourth-order valence-corrected chi connectivity index (χ4v) is 3.02. The molecule has 1 nitrogen and oxygen atoms in total. The zero-order valence-corrected chi connectivity index (χ0v) is 8.45. The average molecular weight is 144 g/mol. The SMILES string of the molecule is CC(C)(C)[N-][Si](C)(C)C. The van der Waals surface area contributed by atoms with Crippen LogP contribution in [0.5, 0.6) is 0 Å². The fraction of sp³-hybridized carbons (Fsp3) is 1.00. The monoisotopic (exact) mass is 144 g/mol. The Labute approximate surface area is 59.9 Å². The molecule has 0 aromatic heterocycles. The summed E-state index contributed by atoms with van der Waals surface area (Å²) in [6.07, 6.45) is 0. The van der Waals surface area contributed by atoms with Crippen LogP contribution in [0.1, 0.15) is 20.8 Å². The standard InChI is InChI=1S/C7H18NSi/c1-7(2,3)8-9(4,5)6/h1-6H3/q-1. The first-order valence-corrected chi connectivity index (χ1v) is 6.89. The van der Waals surface area contributed by atoms with Crippen LogP contribution in [0.3, 0.4) is 0 Å². The summed E-state index contributed by atoms with van der Waals surface area (Å²) < 4.78 is 0. The summed E-state index contributed by atoms with van der Waals surface area (Å²) >= 11 is 0. The van der Waals surface area contributed by atoms with Gasteiger partial charge in [0.2, 0.25) is 0 Å². The molecule has 0 heterocycles. The van der Waals surface area contributed by atoms with Crippen LogP contribution < -0.4 is 0 Å². The summed E-state index contributed by atoms with van der Waals surface area (Å²) in [5.41, 5.74) is 0.171. The van der Waals surface area contributed by atoms with Crippen LogP contribution in [0.15, 0.2) is 0 Å². The van der Waals surface area contributed by atoms with Gasteiger partial charge >= 0.3 is 0 Å². The second kappa shape index (κ2) is 2.43. The van der Waals surface area contributed by atoms with E-state index in [9.17, 15) is 0 Å². The largest absolute Gasteiger partial charge is 0.660 e. The Bertz CT molecular complexity index is 74.1. The lowest BCUT2D eigenvalue weighted by Crippen LogP contribution is -2.29. The van der Waals surface area contributed by atoms with Gasteiger partial charge in [-0.15, -0.1) is 5.54 Å². The van der Waals surface area contributed by atoms with E-state index in [-0.39, 0.29) is 5.54 Å². The zero-order chi connectivity index (χ0) is 7.71. The Morgan fingerprint density at radius 2 is 1.33 bits per heavy atom. The van der Waals surface area contributed by atoms with Crippen molar-refractivity contribution in [3.8, 4) is 0 Å². The van der Waals surface area contributed by atoms with Gasteiger partial charge in [0.25, 0.3) is 0 Å². The smallest absolute Gasteiger partial charge is 0.0675 e. The third-order valence-corrected chi connectivity index (χ3v) is 2.01. The molecular formula is C7H18NSi-. The van der Waals surface area contributed by atoms with Gasteiger partial charge in [0, 0.05) is 0 Å². The molecule has 0 saturated heterocycles. The van der Waals surface area contributed by atoms with Crippen molar-refractivity contribution < 1.29 is 0 Å². The molecule has 0 atom stereocenters. The van der Waals surface area contributed by atoms with E-state index in [0.29, 0.717) is 0 Å². The Morgan fingerprint density at radius 1 is 1.00 bits per heavy atom. The minimum atomic E-state index is -1.17.